The summed E-state index contributed by atoms with van der Waals surface area (Å²) in [6.07, 6.45) is -3.69. The molecule has 84 valence electrons. The molecular formula is C11H13F3O. The zero-order chi connectivity index (χ0) is 11.3. The molecule has 0 aliphatic heterocycles. The van der Waals surface area contributed by atoms with Gasteiger partial charge >= 0.3 is 6.18 Å². The lowest BCUT2D eigenvalue weighted by Gasteiger charge is -2.07. The normalized spacial score (nSPS) is 11.7. The number of alkyl halides is 3. The summed E-state index contributed by atoms with van der Waals surface area (Å²) in [4.78, 5) is 0. The molecule has 0 fully saturated rings. The number of aliphatic hydroxyl groups excluding tert-OH is 1. The molecule has 0 aliphatic rings. The molecule has 1 aromatic carbocycles. The van der Waals surface area contributed by atoms with Crippen molar-refractivity contribution in [3.05, 3.63) is 35.4 Å². The van der Waals surface area contributed by atoms with Crippen LogP contribution < -0.4 is 0 Å². The van der Waals surface area contributed by atoms with E-state index in [9.17, 15) is 13.2 Å². The Morgan fingerprint density at radius 1 is 1.00 bits per heavy atom. The van der Waals surface area contributed by atoms with Gasteiger partial charge in [0.2, 0.25) is 0 Å². The Morgan fingerprint density at radius 2 is 1.53 bits per heavy atom. The molecule has 1 aromatic rings. The number of hydrogen-bond donors (Lipinski definition) is 1. The predicted octanol–water partition coefficient (Wildman–Crippen LogP) is 2.72. The lowest BCUT2D eigenvalue weighted by molar-refractivity contribution is -0.127. The fourth-order valence-electron chi connectivity index (χ4n) is 1.34. The molecule has 15 heavy (non-hydrogen) atoms. The van der Waals surface area contributed by atoms with Crippen LogP contribution >= 0.6 is 0 Å². The van der Waals surface area contributed by atoms with Crippen molar-refractivity contribution in [2.45, 2.75) is 25.4 Å². The first-order valence-corrected chi connectivity index (χ1v) is 4.77. The van der Waals surface area contributed by atoms with Crippen LogP contribution in [-0.2, 0) is 12.8 Å². The smallest absolute Gasteiger partial charge is 0.393 e. The topological polar surface area (TPSA) is 20.2 Å². The van der Waals surface area contributed by atoms with Crippen molar-refractivity contribution in [2.75, 3.05) is 6.61 Å². The molecule has 0 unspecified atom stereocenters. The maximum atomic E-state index is 12.0. The number of aliphatic hydroxyl groups is 1. The van der Waals surface area contributed by atoms with Gasteiger partial charge in [-0.1, -0.05) is 24.3 Å². The van der Waals surface area contributed by atoms with Gasteiger partial charge in [0.1, 0.15) is 0 Å². The van der Waals surface area contributed by atoms with Gasteiger partial charge in [0, 0.05) is 6.61 Å². The Hall–Kier alpha value is -1.03. The minimum atomic E-state index is -4.15. The standard InChI is InChI=1S/C11H13F3O/c12-11(13,14)8-10-5-3-9(4-6-10)2-1-7-15/h3-6,15H,1-2,7-8H2. The molecule has 0 atom stereocenters. The summed E-state index contributed by atoms with van der Waals surface area (Å²) in [6.45, 7) is 0.101. The highest BCUT2D eigenvalue weighted by Crippen LogP contribution is 2.21. The van der Waals surface area contributed by atoms with Crippen molar-refractivity contribution in [1.29, 1.82) is 0 Å². The first-order chi connectivity index (χ1) is 7.01. The van der Waals surface area contributed by atoms with Gasteiger partial charge in [0.15, 0.2) is 0 Å². The Kier molecular flexibility index (Phi) is 4.15. The third kappa shape index (κ3) is 4.83. The van der Waals surface area contributed by atoms with Crippen molar-refractivity contribution >= 4 is 0 Å². The Bertz CT molecular complexity index is 290. The zero-order valence-electron chi connectivity index (χ0n) is 8.22. The molecule has 0 aromatic heterocycles. The van der Waals surface area contributed by atoms with Gasteiger partial charge in [0.05, 0.1) is 6.42 Å². The van der Waals surface area contributed by atoms with E-state index in [4.69, 9.17) is 5.11 Å². The van der Waals surface area contributed by atoms with Gasteiger partial charge < -0.3 is 5.11 Å². The van der Waals surface area contributed by atoms with E-state index < -0.39 is 12.6 Å². The van der Waals surface area contributed by atoms with Crippen LogP contribution in [-0.4, -0.2) is 17.9 Å². The second kappa shape index (κ2) is 5.16. The lowest BCUT2D eigenvalue weighted by atomic mass is 10.1. The number of aryl methyl sites for hydroxylation is 1. The molecule has 0 heterocycles. The van der Waals surface area contributed by atoms with Crippen LogP contribution in [0.25, 0.3) is 0 Å². The maximum absolute atomic E-state index is 12.0. The van der Waals surface area contributed by atoms with E-state index in [2.05, 4.69) is 0 Å². The molecule has 4 heteroatoms. The van der Waals surface area contributed by atoms with Crippen LogP contribution in [0.15, 0.2) is 24.3 Å². The highest BCUT2D eigenvalue weighted by molar-refractivity contribution is 5.23. The van der Waals surface area contributed by atoms with Gasteiger partial charge in [0.25, 0.3) is 0 Å². The third-order valence-corrected chi connectivity index (χ3v) is 2.05. The van der Waals surface area contributed by atoms with Crippen LogP contribution in [0.1, 0.15) is 17.5 Å². The first-order valence-electron chi connectivity index (χ1n) is 4.77. The summed E-state index contributed by atoms with van der Waals surface area (Å²) < 4.78 is 36.0. The van der Waals surface area contributed by atoms with Crippen molar-refractivity contribution in [1.82, 2.24) is 0 Å². The SMILES string of the molecule is OCCCc1ccc(CC(F)(F)F)cc1. The minimum absolute atomic E-state index is 0.101. The van der Waals surface area contributed by atoms with Crippen LogP contribution in [0.4, 0.5) is 13.2 Å². The van der Waals surface area contributed by atoms with E-state index in [-0.39, 0.29) is 12.2 Å². The Balaban J connectivity index is 2.56. The molecule has 0 saturated carbocycles. The van der Waals surface area contributed by atoms with Crippen LogP contribution in [0.5, 0.6) is 0 Å². The largest absolute Gasteiger partial charge is 0.396 e. The molecule has 0 spiro atoms. The Morgan fingerprint density at radius 3 is 2.00 bits per heavy atom. The van der Waals surface area contributed by atoms with Gasteiger partial charge in [-0.05, 0) is 24.0 Å². The summed E-state index contributed by atoms with van der Waals surface area (Å²) in [5.74, 6) is 0. The molecule has 0 amide bonds. The van der Waals surface area contributed by atoms with Gasteiger partial charge in [-0.3, -0.25) is 0 Å². The molecule has 0 aliphatic carbocycles. The molecule has 1 N–H and O–H groups in total. The van der Waals surface area contributed by atoms with Crippen LogP contribution in [0.2, 0.25) is 0 Å². The molecule has 0 saturated heterocycles. The highest BCUT2D eigenvalue weighted by atomic mass is 19.4. The molecule has 0 bridgehead atoms. The van der Waals surface area contributed by atoms with E-state index >= 15 is 0 Å². The third-order valence-electron chi connectivity index (χ3n) is 2.05. The highest BCUT2D eigenvalue weighted by Gasteiger charge is 2.27. The van der Waals surface area contributed by atoms with E-state index in [1.807, 2.05) is 0 Å². The van der Waals surface area contributed by atoms with E-state index in [0.717, 1.165) is 5.56 Å². The fourth-order valence-corrected chi connectivity index (χ4v) is 1.34. The minimum Gasteiger partial charge on any atom is -0.396 e. The van der Waals surface area contributed by atoms with Gasteiger partial charge in [-0.2, -0.15) is 13.2 Å². The number of hydrogen-bond acceptors (Lipinski definition) is 1. The van der Waals surface area contributed by atoms with Crippen molar-refractivity contribution in [3.63, 3.8) is 0 Å². The summed E-state index contributed by atoms with van der Waals surface area (Å²) in [5.41, 5.74) is 1.23. The molecule has 1 rings (SSSR count). The second-order valence-corrected chi connectivity index (χ2v) is 3.44. The second-order valence-electron chi connectivity index (χ2n) is 3.44. The van der Waals surface area contributed by atoms with Crippen molar-refractivity contribution in [3.8, 4) is 0 Å². The first kappa shape index (κ1) is 12.0. The monoisotopic (exact) mass is 218 g/mol. The van der Waals surface area contributed by atoms with E-state index in [0.29, 0.717) is 12.8 Å². The molecular weight excluding hydrogens is 205 g/mol. The lowest BCUT2D eigenvalue weighted by Crippen LogP contribution is -2.11. The van der Waals surface area contributed by atoms with E-state index in [1.165, 1.54) is 12.1 Å². The van der Waals surface area contributed by atoms with Crippen molar-refractivity contribution < 1.29 is 18.3 Å². The predicted molar refractivity (Wildman–Crippen MR) is 51.6 cm³/mol. The number of halogens is 3. The van der Waals surface area contributed by atoms with Crippen LogP contribution in [0.3, 0.4) is 0 Å². The number of rotatable bonds is 4. The van der Waals surface area contributed by atoms with Crippen molar-refractivity contribution in [2.24, 2.45) is 0 Å². The van der Waals surface area contributed by atoms with E-state index in [1.54, 1.807) is 12.1 Å². The maximum Gasteiger partial charge on any atom is 0.393 e. The fraction of sp³-hybridized carbons (Fsp3) is 0.455. The summed E-state index contributed by atoms with van der Waals surface area (Å²) in [5, 5.41) is 8.59. The quantitative estimate of drug-likeness (QED) is 0.823. The molecule has 1 nitrogen and oxygen atoms in total. The van der Waals surface area contributed by atoms with Gasteiger partial charge in [-0.15, -0.1) is 0 Å². The summed E-state index contributed by atoms with van der Waals surface area (Å²) in [7, 11) is 0. The summed E-state index contributed by atoms with van der Waals surface area (Å²) >= 11 is 0. The Labute approximate surface area is 86.5 Å². The summed E-state index contributed by atoms with van der Waals surface area (Å²) in [6, 6.07) is 6.33. The van der Waals surface area contributed by atoms with Crippen LogP contribution in [0, 0.1) is 0 Å². The zero-order valence-corrected chi connectivity index (χ0v) is 8.22. The average Bonchev–Trinajstić information content (AvgIpc) is 2.14. The average molecular weight is 218 g/mol. The van der Waals surface area contributed by atoms with Gasteiger partial charge in [-0.25, -0.2) is 0 Å². The number of benzene rings is 1. The molecule has 0 radical (unpaired) electrons.